The summed E-state index contributed by atoms with van der Waals surface area (Å²) in [4.78, 5) is 4.32. The Balaban J connectivity index is 2.60. The highest BCUT2D eigenvalue weighted by Gasteiger charge is 2.12. The zero-order valence-corrected chi connectivity index (χ0v) is 9.84. The summed E-state index contributed by atoms with van der Waals surface area (Å²) in [5.74, 6) is 0. The Kier molecular flexibility index (Phi) is 3.06. The van der Waals surface area contributed by atoms with Gasteiger partial charge in [-0.15, -0.1) is 0 Å². The molecule has 0 atom stereocenters. The molecule has 4 heteroatoms. The zero-order chi connectivity index (χ0) is 12.4. The van der Waals surface area contributed by atoms with Gasteiger partial charge >= 0.3 is 0 Å². The lowest BCUT2D eigenvalue weighted by molar-refractivity contribution is -0.600. The van der Waals surface area contributed by atoms with Crippen molar-refractivity contribution in [3.05, 3.63) is 52.5 Å². The molecule has 0 amide bonds. The summed E-state index contributed by atoms with van der Waals surface area (Å²) in [6, 6.07) is 8.83. The predicted molar refractivity (Wildman–Crippen MR) is 64.0 cm³/mol. The third-order valence-corrected chi connectivity index (χ3v) is 2.59. The van der Waals surface area contributed by atoms with Crippen molar-refractivity contribution >= 4 is 0 Å². The Hall–Kier alpha value is -1.94. The van der Waals surface area contributed by atoms with Gasteiger partial charge in [0.25, 0.3) is 0 Å². The highest BCUT2D eigenvalue weighted by molar-refractivity contribution is 5.52. The van der Waals surface area contributed by atoms with Gasteiger partial charge < -0.3 is 10.3 Å². The molecule has 0 bridgehead atoms. The Morgan fingerprint density at radius 2 is 2.06 bits per heavy atom. The first-order valence-corrected chi connectivity index (χ1v) is 5.40. The third-order valence-electron chi connectivity index (χ3n) is 2.59. The molecule has 4 nitrogen and oxygen atoms in total. The van der Waals surface area contributed by atoms with Gasteiger partial charge in [-0.2, -0.15) is 4.73 Å². The molecule has 0 spiro atoms. The van der Waals surface area contributed by atoms with E-state index in [0.717, 1.165) is 16.0 Å². The largest absolute Gasteiger partial charge is 0.618 e. The van der Waals surface area contributed by atoms with E-state index in [-0.39, 0.29) is 6.61 Å². The van der Waals surface area contributed by atoms with Crippen molar-refractivity contribution in [2.75, 3.05) is 0 Å². The Morgan fingerprint density at radius 3 is 2.76 bits per heavy atom. The van der Waals surface area contributed by atoms with Gasteiger partial charge in [0.2, 0.25) is 5.69 Å². The zero-order valence-electron chi connectivity index (χ0n) is 9.84. The summed E-state index contributed by atoms with van der Waals surface area (Å²) in [7, 11) is 0. The van der Waals surface area contributed by atoms with E-state index in [1.165, 1.54) is 0 Å². The second-order valence-electron chi connectivity index (χ2n) is 4.01. The number of hydrogen-bond acceptors (Lipinski definition) is 3. The molecule has 17 heavy (non-hydrogen) atoms. The number of aromatic nitrogens is 2. The molecule has 0 aliphatic heterocycles. The number of hydrogen-bond donors (Lipinski definition) is 1. The van der Waals surface area contributed by atoms with E-state index >= 15 is 0 Å². The molecule has 0 unspecified atom stereocenters. The van der Waals surface area contributed by atoms with E-state index in [0.29, 0.717) is 17.1 Å². The van der Waals surface area contributed by atoms with Gasteiger partial charge in [-0.05, 0) is 30.7 Å². The molecule has 2 heterocycles. The van der Waals surface area contributed by atoms with Gasteiger partial charge in [-0.1, -0.05) is 0 Å². The SMILES string of the molecule is Cc1cc(CO)cc(-c2cccc(C)[n+]2[O-])n1. The highest BCUT2D eigenvalue weighted by atomic mass is 16.5. The summed E-state index contributed by atoms with van der Waals surface area (Å²) < 4.78 is 0.850. The first-order valence-electron chi connectivity index (χ1n) is 5.40. The van der Waals surface area contributed by atoms with Crippen LogP contribution in [-0.4, -0.2) is 10.1 Å². The number of aliphatic hydroxyl groups is 1. The summed E-state index contributed by atoms with van der Waals surface area (Å²) in [6.07, 6.45) is 0. The molecule has 0 radical (unpaired) electrons. The van der Waals surface area contributed by atoms with E-state index in [1.807, 2.05) is 13.0 Å². The van der Waals surface area contributed by atoms with Crippen molar-refractivity contribution in [3.8, 4) is 11.4 Å². The fraction of sp³-hybridized carbons (Fsp3) is 0.231. The number of aliphatic hydroxyl groups excluding tert-OH is 1. The van der Waals surface area contributed by atoms with Crippen molar-refractivity contribution in [1.29, 1.82) is 0 Å². The van der Waals surface area contributed by atoms with Crippen LogP contribution >= 0.6 is 0 Å². The van der Waals surface area contributed by atoms with Crippen LogP contribution in [0.25, 0.3) is 11.4 Å². The molecule has 2 aromatic rings. The van der Waals surface area contributed by atoms with Crippen LogP contribution in [0, 0.1) is 19.1 Å². The maximum absolute atomic E-state index is 11.9. The molecule has 2 rings (SSSR count). The first kappa shape index (κ1) is 11.5. The Bertz CT molecular complexity index is 553. The maximum Gasteiger partial charge on any atom is 0.242 e. The van der Waals surface area contributed by atoms with Crippen molar-refractivity contribution < 1.29 is 9.84 Å². The van der Waals surface area contributed by atoms with Gasteiger partial charge in [0.15, 0.2) is 5.69 Å². The molecule has 0 aliphatic carbocycles. The van der Waals surface area contributed by atoms with Gasteiger partial charge in [-0.25, -0.2) is 4.98 Å². The lowest BCUT2D eigenvalue weighted by Gasteiger charge is -2.08. The number of rotatable bonds is 2. The van der Waals surface area contributed by atoms with E-state index in [9.17, 15) is 5.21 Å². The average molecular weight is 230 g/mol. The van der Waals surface area contributed by atoms with Crippen LogP contribution in [-0.2, 0) is 6.61 Å². The van der Waals surface area contributed by atoms with Crippen LogP contribution in [0.3, 0.4) is 0 Å². The van der Waals surface area contributed by atoms with Crippen LogP contribution in [0.15, 0.2) is 30.3 Å². The lowest BCUT2D eigenvalue weighted by atomic mass is 10.1. The average Bonchev–Trinajstić information content (AvgIpc) is 2.31. The molecule has 0 fully saturated rings. The second kappa shape index (κ2) is 4.51. The van der Waals surface area contributed by atoms with E-state index in [2.05, 4.69) is 4.98 Å². The lowest BCUT2D eigenvalue weighted by Crippen LogP contribution is -2.32. The summed E-state index contributed by atoms with van der Waals surface area (Å²) in [6.45, 7) is 3.54. The smallest absolute Gasteiger partial charge is 0.242 e. The van der Waals surface area contributed by atoms with Crippen molar-refractivity contribution in [1.82, 2.24) is 4.98 Å². The monoisotopic (exact) mass is 230 g/mol. The quantitative estimate of drug-likeness (QED) is 0.628. The van der Waals surface area contributed by atoms with Crippen LogP contribution in [0.2, 0.25) is 0 Å². The Labute approximate surface area is 99.8 Å². The van der Waals surface area contributed by atoms with Crippen molar-refractivity contribution in [2.45, 2.75) is 20.5 Å². The van der Waals surface area contributed by atoms with E-state index in [4.69, 9.17) is 5.11 Å². The second-order valence-corrected chi connectivity index (χ2v) is 4.01. The summed E-state index contributed by atoms with van der Waals surface area (Å²) in [5.41, 5.74) is 3.26. The molecule has 0 saturated carbocycles. The number of nitrogens with zero attached hydrogens (tertiary/aromatic N) is 2. The third kappa shape index (κ3) is 2.26. The molecule has 1 N–H and O–H groups in total. The fourth-order valence-corrected chi connectivity index (χ4v) is 1.76. The fourth-order valence-electron chi connectivity index (χ4n) is 1.76. The Morgan fingerprint density at radius 1 is 1.29 bits per heavy atom. The number of aryl methyl sites for hydroxylation is 2. The molecule has 0 aliphatic rings. The molecule has 0 aromatic carbocycles. The van der Waals surface area contributed by atoms with Crippen LogP contribution in [0.1, 0.15) is 17.0 Å². The standard InChI is InChI=1S/C13H14N2O2/c1-9-6-11(8-16)7-12(14-9)13-5-3-4-10(2)15(13)17/h3-7,16H,8H2,1-2H3. The molecular weight excluding hydrogens is 216 g/mol. The van der Waals surface area contributed by atoms with Crippen LogP contribution in [0.4, 0.5) is 0 Å². The van der Waals surface area contributed by atoms with Gasteiger partial charge in [0.1, 0.15) is 5.69 Å². The van der Waals surface area contributed by atoms with Gasteiger partial charge in [0, 0.05) is 24.8 Å². The minimum atomic E-state index is -0.0545. The van der Waals surface area contributed by atoms with Crippen molar-refractivity contribution in [3.63, 3.8) is 0 Å². The topological polar surface area (TPSA) is 60.1 Å². The summed E-state index contributed by atoms with van der Waals surface area (Å²) >= 11 is 0. The minimum Gasteiger partial charge on any atom is -0.618 e. The highest BCUT2D eigenvalue weighted by Crippen LogP contribution is 2.16. The molecular formula is C13H14N2O2. The normalized spacial score (nSPS) is 10.5. The maximum atomic E-state index is 11.9. The number of pyridine rings is 2. The minimum absolute atomic E-state index is 0.0545. The molecule has 0 saturated heterocycles. The van der Waals surface area contributed by atoms with Crippen molar-refractivity contribution in [2.24, 2.45) is 0 Å². The molecule has 88 valence electrons. The van der Waals surface area contributed by atoms with Gasteiger partial charge in [-0.3, -0.25) is 0 Å². The van der Waals surface area contributed by atoms with Crippen LogP contribution in [0.5, 0.6) is 0 Å². The van der Waals surface area contributed by atoms with Crippen LogP contribution < -0.4 is 4.73 Å². The summed E-state index contributed by atoms with van der Waals surface area (Å²) in [5, 5.41) is 21.0. The van der Waals surface area contributed by atoms with E-state index in [1.54, 1.807) is 31.2 Å². The van der Waals surface area contributed by atoms with Gasteiger partial charge in [0.05, 0.1) is 6.61 Å². The predicted octanol–water partition coefficient (Wildman–Crippen LogP) is 1.49. The first-order chi connectivity index (χ1) is 8.11. The molecule has 2 aromatic heterocycles. The van der Waals surface area contributed by atoms with E-state index < -0.39 is 0 Å².